The van der Waals surface area contributed by atoms with Crippen LogP contribution in [0.25, 0.3) is 0 Å². The number of carbonyl (C=O) groups is 2. The molecular weight excluding hydrogens is 272 g/mol. The van der Waals surface area contributed by atoms with Gasteiger partial charge in [-0.1, -0.05) is 6.07 Å². The van der Waals surface area contributed by atoms with E-state index in [0.717, 1.165) is 11.3 Å². The Labute approximate surface area is 123 Å². The van der Waals surface area contributed by atoms with Crippen molar-refractivity contribution in [3.63, 3.8) is 0 Å². The molecular formula is C15H20N2O4. The molecule has 0 aromatic heterocycles. The van der Waals surface area contributed by atoms with Gasteiger partial charge in [-0.25, -0.2) is 0 Å². The highest BCUT2D eigenvalue weighted by Gasteiger charge is 2.22. The van der Waals surface area contributed by atoms with Gasteiger partial charge in [0.1, 0.15) is 5.75 Å². The highest BCUT2D eigenvalue weighted by molar-refractivity contribution is 5.97. The van der Waals surface area contributed by atoms with Gasteiger partial charge in [-0.15, -0.1) is 0 Å². The maximum atomic E-state index is 11.6. The molecule has 1 aliphatic rings. The van der Waals surface area contributed by atoms with Crippen molar-refractivity contribution in [3.05, 3.63) is 23.8 Å². The van der Waals surface area contributed by atoms with Crippen molar-refractivity contribution in [1.82, 2.24) is 0 Å². The van der Waals surface area contributed by atoms with E-state index in [1.165, 1.54) is 0 Å². The molecule has 0 fully saturated rings. The van der Waals surface area contributed by atoms with Gasteiger partial charge < -0.3 is 20.1 Å². The number of hydrogen-bond donors (Lipinski definition) is 1. The molecule has 1 aromatic rings. The molecule has 2 rings (SSSR count). The summed E-state index contributed by atoms with van der Waals surface area (Å²) in [7, 11) is 1.71. The van der Waals surface area contributed by atoms with Crippen LogP contribution in [0.1, 0.15) is 18.9 Å². The smallest absolute Gasteiger partial charge is 0.307 e. The second-order valence-electron chi connectivity index (χ2n) is 5.02. The molecule has 6 heteroatoms. The zero-order valence-electron chi connectivity index (χ0n) is 12.3. The molecule has 21 heavy (non-hydrogen) atoms. The number of anilines is 1. The number of carbonyl (C=O) groups excluding carboxylic acids is 2. The van der Waals surface area contributed by atoms with E-state index in [4.69, 9.17) is 15.2 Å². The van der Waals surface area contributed by atoms with Crippen molar-refractivity contribution in [2.24, 2.45) is 5.73 Å². The lowest BCUT2D eigenvalue weighted by atomic mass is 10.0. The summed E-state index contributed by atoms with van der Waals surface area (Å²) in [5.41, 5.74) is 7.65. The topological polar surface area (TPSA) is 81.9 Å². The van der Waals surface area contributed by atoms with Crippen molar-refractivity contribution in [1.29, 1.82) is 0 Å². The van der Waals surface area contributed by atoms with Crippen molar-refractivity contribution in [2.75, 3.05) is 25.2 Å². The quantitative estimate of drug-likeness (QED) is 0.814. The number of ether oxygens (including phenoxy) is 2. The van der Waals surface area contributed by atoms with Crippen LogP contribution in [-0.2, 0) is 20.7 Å². The Bertz CT molecular complexity index is 544. The van der Waals surface area contributed by atoms with E-state index in [2.05, 4.69) is 0 Å². The lowest BCUT2D eigenvalue weighted by molar-refractivity contribution is -0.143. The standard InChI is InChI=1S/C15H20N2O4/c1-3-20-15(19)8-11(16)6-10-4-5-13-12(7-10)17(2)14(18)9-21-13/h4-5,7,11H,3,6,8-9,16H2,1-2H3. The number of hydrogen-bond acceptors (Lipinski definition) is 5. The number of likely N-dealkylation sites (N-methyl/N-ethyl adjacent to an activating group) is 1. The van der Waals surface area contributed by atoms with E-state index in [-0.39, 0.29) is 30.9 Å². The molecule has 1 unspecified atom stereocenters. The molecule has 1 heterocycles. The van der Waals surface area contributed by atoms with Gasteiger partial charge in [0.2, 0.25) is 0 Å². The molecule has 0 spiro atoms. The number of benzene rings is 1. The van der Waals surface area contributed by atoms with Crippen LogP contribution in [0.2, 0.25) is 0 Å². The molecule has 6 nitrogen and oxygen atoms in total. The Kier molecular flexibility index (Phi) is 4.80. The number of nitrogens with zero attached hydrogens (tertiary/aromatic N) is 1. The fraction of sp³-hybridized carbons (Fsp3) is 0.467. The Balaban J connectivity index is 2.05. The van der Waals surface area contributed by atoms with Crippen molar-refractivity contribution in [2.45, 2.75) is 25.8 Å². The summed E-state index contributed by atoms with van der Waals surface area (Å²) in [6.07, 6.45) is 0.713. The fourth-order valence-corrected chi connectivity index (χ4v) is 2.25. The third-order valence-corrected chi connectivity index (χ3v) is 3.34. The Morgan fingerprint density at radius 3 is 3.00 bits per heavy atom. The minimum absolute atomic E-state index is 0.0607. The van der Waals surface area contributed by atoms with Crippen LogP contribution >= 0.6 is 0 Å². The van der Waals surface area contributed by atoms with Gasteiger partial charge in [-0.2, -0.15) is 0 Å². The van der Waals surface area contributed by atoms with Gasteiger partial charge >= 0.3 is 5.97 Å². The van der Waals surface area contributed by atoms with Crippen molar-refractivity contribution in [3.8, 4) is 5.75 Å². The summed E-state index contributed by atoms with van der Waals surface area (Å²) >= 11 is 0. The molecule has 0 aliphatic carbocycles. The first kappa shape index (κ1) is 15.3. The van der Waals surface area contributed by atoms with E-state index in [9.17, 15) is 9.59 Å². The lowest BCUT2D eigenvalue weighted by Crippen LogP contribution is -2.35. The Morgan fingerprint density at radius 2 is 2.29 bits per heavy atom. The van der Waals surface area contributed by atoms with Crippen LogP contribution in [0.5, 0.6) is 5.75 Å². The van der Waals surface area contributed by atoms with E-state index in [1.807, 2.05) is 18.2 Å². The first-order chi connectivity index (χ1) is 10.0. The van der Waals surface area contributed by atoms with E-state index in [0.29, 0.717) is 18.8 Å². The molecule has 0 bridgehead atoms. The monoisotopic (exact) mass is 292 g/mol. The highest BCUT2D eigenvalue weighted by Crippen LogP contribution is 2.32. The van der Waals surface area contributed by atoms with E-state index in [1.54, 1.807) is 18.9 Å². The molecule has 1 aromatic carbocycles. The first-order valence-corrected chi connectivity index (χ1v) is 6.94. The summed E-state index contributed by atoms with van der Waals surface area (Å²) in [5, 5.41) is 0. The van der Waals surface area contributed by atoms with Crippen LogP contribution in [0, 0.1) is 0 Å². The van der Waals surface area contributed by atoms with Gasteiger partial charge in [0.25, 0.3) is 5.91 Å². The molecule has 0 saturated heterocycles. The summed E-state index contributed by atoms with van der Waals surface area (Å²) in [5.74, 6) is 0.300. The highest BCUT2D eigenvalue weighted by atomic mass is 16.5. The Morgan fingerprint density at radius 1 is 1.52 bits per heavy atom. The normalized spacial score (nSPS) is 15.2. The third kappa shape index (κ3) is 3.72. The van der Waals surface area contributed by atoms with Gasteiger partial charge in [-0.05, 0) is 31.0 Å². The molecule has 114 valence electrons. The number of nitrogens with two attached hydrogens (primary N) is 1. The third-order valence-electron chi connectivity index (χ3n) is 3.34. The largest absolute Gasteiger partial charge is 0.482 e. The molecule has 0 saturated carbocycles. The zero-order valence-corrected chi connectivity index (χ0v) is 12.3. The average molecular weight is 292 g/mol. The fourth-order valence-electron chi connectivity index (χ4n) is 2.25. The van der Waals surface area contributed by atoms with Crippen LogP contribution in [0.3, 0.4) is 0 Å². The maximum absolute atomic E-state index is 11.6. The average Bonchev–Trinajstić information content (AvgIpc) is 2.43. The number of rotatable bonds is 5. The second kappa shape index (κ2) is 6.58. The molecule has 1 amide bonds. The predicted molar refractivity (Wildman–Crippen MR) is 78.3 cm³/mol. The maximum Gasteiger partial charge on any atom is 0.307 e. The molecule has 0 radical (unpaired) electrons. The van der Waals surface area contributed by atoms with Gasteiger partial charge in [-0.3, -0.25) is 9.59 Å². The van der Waals surface area contributed by atoms with Gasteiger partial charge in [0.05, 0.1) is 18.7 Å². The van der Waals surface area contributed by atoms with Crippen molar-refractivity contribution >= 4 is 17.6 Å². The van der Waals surface area contributed by atoms with Gasteiger partial charge in [0.15, 0.2) is 6.61 Å². The number of amides is 1. The number of fused-ring (bicyclic) bond motifs is 1. The minimum Gasteiger partial charge on any atom is -0.482 e. The summed E-state index contributed by atoms with van der Waals surface area (Å²) < 4.78 is 10.2. The van der Waals surface area contributed by atoms with E-state index >= 15 is 0 Å². The summed E-state index contributed by atoms with van der Waals surface area (Å²) in [6, 6.07) is 5.28. The van der Waals surface area contributed by atoms with Crippen molar-refractivity contribution < 1.29 is 19.1 Å². The summed E-state index contributed by atoms with van der Waals surface area (Å²) in [4.78, 5) is 24.6. The molecule has 1 atom stereocenters. The Hall–Kier alpha value is -2.08. The lowest BCUT2D eigenvalue weighted by Gasteiger charge is -2.26. The molecule has 1 aliphatic heterocycles. The van der Waals surface area contributed by atoms with E-state index < -0.39 is 0 Å². The van der Waals surface area contributed by atoms with Crippen LogP contribution in [0.4, 0.5) is 5.69 Å². The molecule has 2 N–H and O–H groups in total. The van der Waals surface area contributed by atoms with Gasteiger partial charge in [0, 0.05) is 13.1 Å². The van der Waals surface area contributed by atoms with Crippen LogP contribution in [0.15, 0.2) is 18.2 Å². The summed E-state index contributed by atoms with van der Waals surface area (Å²) in [6.45, 7) is 2.18. The minimum atomic E-state index is -0.312. The first-order valence-electron chi connectivity index (χ1n) is 6.94. The zero-order chi connectivity index (χ0) is 15.4. The second-order valence-corrected chi connectivity index (χ2v) is 5.02. The predicted octanol–water partition coefficient (Wildman–Crippen LogP) is 0.865. The number of esters is 1. The van der Waals surface area contributed by atoms with Crippen LogP contribution < -0.4 is 15.4 Å². The SMILES string of the molecule is CCOC(=O)CC(N)Cc1ccc2c(c1)N(C)C(=O)CO2. The van der Waals surface area contributed by atoms with Crippen LogP contribution in [-0.4, -0.2) is 38.2 Å².